The van der Waals surface area contributed by atoms with Crippen LogP contribution < -0.4 is 0 Å². The highest BCUT2D eigenvalue weighted by Crippen LogP contribution is 2.43. The minimum Gasteiger partial charge on any atom is -0.400 e. The standard InChI is InChI=1S/C26H48B2O4/c1-11-13-15-16-18-20-22(28-31-25(7,8)26(9,10)32-28)21(19-17-14-12-2)27-29-23(3,4)24(5,6)30-27/h18,20H,11-17,19H2,1-10H3/b20-18+,22-21+. The molecule has 0 aromatic carbocycles. The van der Waals surface area contributed by atoms with Crippen molar-refractivity contribution in [1.82, 2.24) is 0 Å². The second-order valence-corrected chi connectivity index (χ2v) is 11.5. The second-order valence-electron chi connectivity index (χ2n) is 11.5. The van der Waals surface area contributed by atoms with Crippen LogP contribution in [0.3, 0.4) is 0 Å². The summed E-state index contributed by atoms with van der Waals surface area (Å²) in [4.78, 5) is 0. The van der Waals surface area contributed by atoms with Crippen molar-refractivity contribution in [1.29, 1.82) is 0 Å². The summed E-state index contributed by atoms with van der Waals surface area (Å²) in [6, 6.07) is 0. The summed E-state index contributed by atoms with van der Waals surface area (Å²) < 4.78 is 26.1. The summed E-state index contributed by atoms with van der Waals surface area (Å²) in [7, 11) is -0.802. The lowest BCUT2D eigenvalue weighted by molar-refractivity contribution is 0.00578. The Morgan fingerprint density at radius 1 is 0.625 bits per heavy atom. The maximum atomic E-state index is 6.52. The van der Waals surface area contributed by atoms with Gasteiger partial charge in [-0.25, -0.2) is 0 Å². The van der Waals surface area contributed by atoms with Gasteiger partial charge in [-0.1, -0.05) is 58.1 Å². The molecule has 6 heteroatoms. The third-order valence-corrected chi connectivity index (χ3v) is 7.74. The lowest BCUT2D eigenvalue weighted by Gasteiger charge is -2.32. The van der Waals surface area contributed by atoms with Crippen molar-refractivity contribution in [3.8, 4) is 0 Å². The minimum absolute atomic E-state index is 0.375. The molecule has 0 N–H and O–H groups in total. The Labute approximate surface area is 199 Å². The van der Waals surface area contributed by atoms with Gasteiger partial charge in [0.15, 0.2) is 0 Å². The quantitative estimate of drug-likeness (QED) is 0.190. The van der Waals surface area contributed by atoms with Gasteiger partial charge in [-0.05, 0) is 85.6 Å². The molecule has 0 aromatic heterocycles. The normalized spacial score (nSPS) is 24.4. The third-order valence-electron chi connectivity index (χ3n) is 7.74. The molecular weight excluding hydrogens is 398 g/mol. The molecule has 0 radical (unpaired) electrons. The summed E-state index contributed by atoms with van der Waals surface area (Å²) >= 11 is 0. The van der Waals surface area contributed by atoms with Crippen LogP contribution in [0.25, 0.3) is 0 Å². The predicted molar refractivity (Wildman–Crippen MR) is 137 cm³/mol. The number of unbranched alkanes of at least 4 members (excludes halogenated alkanes) is 5. The van der Waals surface area contributed by atoms with E-state index in [9.17, 15) is 0 Å². The molecule has 0 amide bonds. The summed E-state index contributed by atoms with van der Waals surface area (Å²) in [6.07, 6.45) is 13.6. The van der Waals surface area contributed by atoms with E-state index >= 15 is 0 Å². The lowest BCUT2D eigenvalue weighted by atomic mass is 9.63. The highest BCUT2D eigenvalue weighted by atomic mass is 16.7. The molecule has 0 bridgehead atoms. The maximum absolute atomic E-state index is 6.52. The molecule has 32 heavy (non-hydrogen) atoms. The summed E-state index contributed by atoms with van der Waals surface area (Å²) in [5, 5.41) is 0. The van der Waals surface area contributed by atoms with E-state index in [0.29, 0.717) is 0 Å². The molecule has 2 aliphatic rings. The molecule has 0 unspecified atom stereocenters. The van der Waals surface area contributed by atoms with E-state index in [4.69, 9.17) is 18.6 Å². The van der Waals surface area contributed by atoms with Gasteiger partial charge in [0, 0.05) is 0 Å². The molecule has 2 saturated heterocycles. The fourth-order valence-corrected chi connectivity index (χ4v) is 3.98. The smallest absolute Gasteiger partial charge is 0.400 e. The van der Waals surface area contributed by atoms with E-state index in [-0.39, 0.29) is 29.5 Å². The van der Waals surface area contributed by atoms with Crippen LogP contribution in [-0.2, 0) is 18.6 Å². The Bertz CT molecular complexity index is 647. The molecule has 2 aliphatic heterocycles. The zero-order chi connectivity index (χ0) is 24.2. The highest BCUT2D eigenvalue weighted by molar-refractivity contribution is 6.63. The van der Waals surface area contributed by atoms with Crippen molar-refractivity contribution in [2.24, 2.45) is 0 Å². The Hall–Kier alpha value is -0.550. The first kappa shape index (κ1) is 27.7. The molecule has 0 aliphatic carbocycles. The van der Waals surface area contributed by atoms with Crippen molar-refractivity contribution in [3.05, 3.63) is 23.1 Å². The zero-order valence-electron chi connectivity index (χ0n) is 22.6. The number of allylic oxidation sites excluding steroid dienone is 4. The topological polar surface area (TPSA) is 36.9 Å². The van der Waals surface area contributed by atoms with Crippen LogP contribution in [0.4, 0.5) is 0 Å². The number of hydrogen-bond acceptors (Lipinski definition) is 4. The molecule has 2 heterocycles. The minimum atomic E-state index is -0.418. The molecule has 0 saturated carbocycles. The van der Waals surface area contributed by atoms with E-state index in [2.05, 4.69) is 81.4 Å². The Kier molecular flexibility index (Phi) is 9.35. The van der Waals surface area contributed by atoms with Gasteiger partial charge < -0.3 is 18.6 Å². The van der Waals surface area contributed by atoms with E-state index in [1.807, 2.05) is 0 Å². The van der Waals surface area contributed by atoms with Gasteiger partial charge in [-0.3, -0.25) is 0 Å². The highest BCUT2D eigenvalue weighted by Gasteiger charge is 2.56. The number of rotatable bonds is 11. The van der Waals surface area contributed by atoms with Crippen LogP contribution in [0.1, 0.15) is 121 Å². The van der Waals surface area contributed by atoms with E-state index in [1.54, 1.807) is 0 Å². The van der Waals surface area contributed by atoms with Crippen LogP contribution in [0.5, 0.6) is 0 Å². The molecule has 4 nitrogen and oxygen atoms in total. The fraction of sp³-hybridized carbons (Fsp3) is 0.846. The molecule has 0 spiro atoms. The van der Waals surface area contributed by atoms with Crippen molar-refractivity contribution in [2.45, 2.75) is 143 Å². The third kappa shape index (κ3) is 6.31. The van der Waals surface area contributed by atoms with Crippen LogP contribution in [0.15, 0.2) is 23.1 Å². The van der Waals surface area contributed by atoms with E-state index < -0.39 is 7.12 Å². The summed E-state index contributed by atoms with van der Waals surface area (Å²) in [5.41, 5.74) is 0.725. The van der Waals surface area contributed by atoms with Crippen LogP contribution in [0.2, 0.25) is 0 Å². The SMILES string of the molecule is CCCCC/C=C/C(B1OC(C)(C)C(C)(C)O1)=C(/CCCCC)B1OC(C)(C)C(C)(C)O1. The van der Waals surface area contributed by atoms with Crippen molar-refractivity contribution < 1.29 is 18.6 Å². The number of hydrogen-bond donors (Lipinski definition) is 0. The summed E-state index contributed by atoms with van der Waals surface area (Å²) in [5.74, 6) is 0. The largest absolute Gasteiger partial charge is 0.494 e. The predicted octanol–water partition coefficient (Wildman–Crippen LogP) is 7.26. The Morgan fingerprint density at radius 2 is 1.06 bits per heavy atom. The average molecular weight is 446 g/mol. The molecule has 2 fully saturated rings. The Balaban J connectivity index is 2.46. The first-order chi connectivity index (χ1) is 14.8. The van der Waals surface area contributed by atoms with Crippen molar-refractivity contribution in [3.63, 3.8) is 0 Å². The van der Waals surface area contributed by atoms with Crippen molar-refractivity contribution in [2.75, 3.05) is 0 Å². The molecule has 2 rings (SSSR count). The fourth-order valence-electron chi connectivity index (χ4n) is 3.98. The van der Waals surface area contributed by atoms with Crippen LogP contribution in [-0.4, -0.2) is 36.6 Å². The van der Waals surface area contributed by atoms with E-state index in [1.165, 1.54) is 37.6 Å². The van der Waals surface area contributed by atoms with Crippen molar-refractivity contribution >= 4 is 14.2 Å². The second kappa shape index (κ2) is 10.8. The monoisotopic (exact) mass is 446 g/mol. The molecular formula is C26H48B2O4. The zero-order valence-corrected chi connectivity index (χ0v) is 22.6. The molecule has 0 atom stereocenters. The first-order valence-corrected chi connectivity index (χ1v) is 12.9. The van der Waals surface area contributed by atoms with Gasteiger partial charge in [-0.2, -0.15) is 0 Å². The van der Waals surface area contributed by atoms with Gasteiger partial charge in [0.05, 0.1) is 22.4 Å². The average Bonchev–Trinajstić information content (AvgIpc) is 3.02. The Morgan fingerprint density at radius 3 is 1.53 bits per heavy atom. The lowest BCUT2D eigenvalue weighted by Crippen LogP contribution is -2.41. The van der Waals surface area contributed by atoms with Gasteiger partial charge in [-0.15, -0.1) is 0 Å². The van der Waals surface area contributed by atoms with Gasteiger partial charge >= 0.3 is 14.2 Å². The first-order valence-electron chi connectivity index (χ1n) is 12.9. The van der Waals surface area contributed by atoms with Crippen LogP contribution in [0, 0.1) is 0 Å². The molecule has 0 aromatic rings. The van der Waals surface area contributed by atoms with Gasteiger partial charge in [0.25, 0.3) is 0 Å². The van der Waals surface area contributed by atoms with Crippen LogP contribution >= 0.6 is 0 Å². The van der Waals surface area contributed by atoms with Gasteiger partial charge in [0.2, 0.25) is 0 Å². The maximum Gasteiger partial charge on any atom is 0.494 e. The van der Waals surface area contributed by atoms with E-state index in [0.717, 1.165) is 24.7 Å². The molecule has 182 valence electrons. The summed E-state index contributed by atoms with van der Waals surface area (Å²) in [6.45, 7) is 21.4. The van der Waals surface area contributed by atoms with Gasteiger partial charge in [0.1, 0.15) is 0 Å².